The zero-order valence-corrected chi connectivity index (χ0v) is 11.5. The van der Waals surface area contributed by atoms with Crippen LogP contribution in [0, 0.1) is 0 Å². The molecule has 0 aromatic heterocycles. The predicted molar refractivity (Wildman–Crippen MR) is 73.5 cm³/mol. The highest BCUT2D eigenvalue weighted by Crippen LogP contribution is 2.22. The van der Waals surface area contributed by atoms with Crippen LogP contribution < -0.4 is 5.32 Å². The van der Waals surface area contributed by atoms with E-state index >= 15 is 0 Å². The Labute approximate surface area is 110 Å². The molecule has 1 atom stereocenters. The van der Waals surface area contributed by atoms with E-state index in [1.54, 1.807) is 0 Å². The number of carbonyl (C=O) groups is 1. The molecule has 0 fully saturated rings. The molecule has 0 amide bonds. The molecule has 0 bridgehead atoms. The van der Waals surface area contributed by atoms with E-state index in [0.717, 1.165) is 19.4 Å². The number of nitrogens with one attached hydrogen (secondary N) is 1. The fourth-order valence-corrected chi connectivity index (χ4v) is 2.06. The largest absolute Gasteiger partial charge is 0.469 e. The lowest BCUT2D eigenvalue weighted by Crippen LogP contribution is -2.26. The van der Waals surface area contributed by atoms with Crippen molar-refractivity contribution in [1.82, 2.24) is 5.32 Å². The molecule has 0 aliphatic rings. The average molecular weight is 249 g/mol. The topological polar surface area (TPSA) is 38.3 Å². The second-order valence-electron chi connectivity index (χ2n) is 4.34. The van der Waals surface area contributed by atoms with E-state index in [0.29, 0.717) is 6.42 Å². The number of carbonyl (C=O) groups excluding carboxylic acids is 1. The number of benzene rings is 1. The monoisotopic (exact) mass is 249 g/mol. The fourth-order valence-electron chi connectivity index (χ4n) is 2.06. The van der Waals surface area contributed by atoms with Gasteiger partial charge in [0.15, 0.2) is 0 Å². The van der Waals surface area contributed by atoms with Gasteiger partial charge in [0.2, 0.25) is 0 Å². The van der Waals surface area contributed by atoms with Crippen LogP contribution in [-0.2, 0) is 16.0 Å². The molecular formula is C15H23NO2. The van der Waals surface area contributed by atoms with E-state index < -0.39 is 0 Å². The predicted octanol–water partition coefficient (Wildman–Crippen LogP) is 2.85. The molecule has 0 spiro atoms. The number of hydrogen-bond acceptors (Lipinski definition) is 3. The number of aryl methyl sites for hydroxylation is 1. The molecule has 1 rings (SSSR count). The Hall–Kier alpha value is -1.35. The van der Waals surface area contributed by atoms with Gasteiger partial charge in [0.25, 0.3) is 0 Å². The Morgan fingerprint density at radius 3 is 2.67 bits per heavy atom. The lowest BCUT2D eigenvalue weighted by Gasteiger charge is -2.20. The van der Waals surface area contributed by atoms with E-state index in [2.05, 4.69) is 31.3 Å². The van der Waals surface area contributed by atoms with Crippen molar-refractivity contribution in [2.75, 3.05) is 13.7 Å². The summed E-state index contributed by atoms with van der Waals surface area (Å²) in [5.41, 5.74) is 2.49. The maximum absolute atomic E-state index is 11.5. The van der Waals surface area contributed by atoms with Crippen molar-refractivity contribution in [1.29, 1.82) is 0 Å². The third kappa shape index (κ3) is 4.15. The van der Waals surface area contributed by atoms with Gasteiger partial charge >= 0.3 is 5.97 Å². The summed E-state index contributed by atoms with van der Waals surface area (Å²) in [6.07, 6.45) is 2.40. The summed E-state index contributed by atoms with van der Waals surface area (Å²) >= 11 is 0. The SMILES string of the molecule is CCCNC(CC(=O)OC)c1ccccc1CC. The van der Waals surface area contributed by atoms with E-state index in [9.17, 15) is 4.79 Å². The zero-order chi connectivity index (χ0) is 13.4. The fraction of sp³-hybridized carbons (Fsp3) is 0.533. The minimum Gasteiger partial charge on any atom is -0.469 e. The normalized spacial score (nSPS) is 12.2. The van der Waals surface area contributed by atoms with Gasteiger partial charge < -0.3 is 10.1 Å². The van der Waals surface area contributed by atoms with Crippen LogP contribution in [0.1, 0.15) is 43.9 Å². The summed E-state index contributed by atoms with van der Waals surface area (Å²) in [5, 5.41) is 3.42. The quantitative estimate of drug-likeness (QED) is 0.755. The van der Waals surface area contributed by atoms with Gasteiger partial charge in [-0.15, -0.1) is 0 Å². The van der Waals surface area contributed by atoms with Crippen LogP contribution in [-0.4, -0.2) is 19.6 Å². The first-order chi connectivity index (χ1) is 8.72. The maximum Gasteiger partial charge on any atom is 0.307 e. The molecule has 0 aliphatic carbocycles. The van der Waals surface area contributed by atoms with Crippen LogP contribution in [0.15, 0.2) is 24.3 Å². The van der Waals surface area contributed by atoms with Crippen LogP contribution in [0.3, 0.4) is 0 Å². The van der Waals surface area contributed by atoms with Crippen LogP contribution in [0.25, 0.3) is 0 Å². The second-order valence-corrected chi connectivity index (χ2v) is 4.34. The van der Waals surface area contributed by atoms with Crippen molar-refractivity contribution < 1.29 is 9.53 Å². The summed E-state index contributed by atoms with van der Waals surface area (Å²) in [5.74, 6) is -0.172. The van der Waals surface area contributed by atoms with Crippen LogP contribution in [0.5, 0.6) is 0 Å². The smallest absolute Gasteiger partial charge is 0.307 e. The number of esters is 1. The van der Waals surface area contributed by atoms with Crippen molar-refractivity contribution in [3.05, 3.63) is 35.4 Å². The minimum absolute atomic E-state index is 0.0496. The lowest BCUT2D eigenvalue weighted by atomic mass is 9.96. The van der Waals surface area contributed by atoms with Gasteiger partial charge in [0.05, 0.1) is 13.5 Å². The third-order valence-corrected chi connectivity index (χ3v) is 3.05. The number of methoxy groups -OCH3 is 1. The van der Waals surface area contributed by atoms with Gasteiger partial charge in [0, 0.05) is 6.04 Å². The van der Waals surface area contributed by atoms with Gasteiger partial charge in [-0.25, -0.2) is 0 Å². The van der Waals surface area contributed by atoms with Gasteiger partial charge in [-0.1, -0.05) is 38.1 Å². The van der Waals surface area contributed by atoms with Crippen LogP contribution in [0.2, 0.25) is 0 Å². The molecule has 100 valence electrons. The molecule has 3 heteroatoms. The number of ether oxygens (including phenoxy) is 1. The minimum atomic E-state index is -0.172. The molecule has 3 nitrogen and oxygen atoms in total. The highest BCUT2D eigenvalue weighted by molar-refractivity contribution is 5.70. The summed E-state index contributed by atoms with van der Waals surface area (Å²) in [6, 6.07) is 8.32. The Morgan fingerprint density at radius 1 is 1.33 bits per heavy atom. The summed E-state index contributed by atoms with van der Waals surface area (Å²) < 4.78 is 4.78. The number of hydrogen-bond donors (Lipinski definition) is 1. The standard InChI is InChI=1S/C15H23NO2/c1-4-10-16-14(11-15(17)18-3)13-9-7-6-8-12(13)5-2/h6-9,14,16H,4-5,10-11H2,1-3H3. The second kappa shape index (κ2) is 7.88. The van der Waals surface area contributed by atoms with Crippen molar-refractivity contribution in [2.45, 2.75) is 39.2 Å². The Kier molecular flexibility index (Phi) is 6.44. The highest BCUT2D eigenvalue weighted by Gasteiger charge is 2.17. The van der Waals surface area contributed by atoms with E-state index in [4.69, 9.17) is 4.74 Å². The summed E-state index contributed by atoms with van der Waals surface area (Å²) in [4.78, 5) is 11.5. The van der Waals surface area contributed by atoms with Gasteiger partial charge in [0.1, 0.15) is 0 Å². The summed E-state index contributed by atoms with van der Waals surface area (Å²) in [6.45, 7) is 5.15. The zero-order valence-electron chi connectivity index (χ0n) is 11.5. The molecule has 0 heterocycles. The van der Waals surface area contributed by atoms with Gasteiger partial charge in [-0.05, 0) is 30.5 Å². The molecule has 1 aromatic carbocycles. The Morgan fingerprint density at radius 2 is 2.06 bits per heavy atom. The van der Waals surface area contributed by atoms with Crippen molar-refractivity contribution in [3.63, 3.8) is 0 Å². The van der Waals surface area contributed by atoms with Gasteiger partial charge in [-0.3, -0.25) is 4.79 Å². The molecule has 0 saturated carbocycles. The third-order valence-electron chi connectivity index (χ3n) is 3.05. The molecule has 0 saturated heterocycles. The molecule has 1 aromatic rings. The van der Waals surface area contributed by atoms with E-state index in [1.165, 1.54) is 18.2 Å². The molecule has 18 heavy (non-hydrogen) atoms. The molecular weight excluding hydrogens is 226 g/mol. The first-order valence-corrected chi connectivity index (χ1v) is 6.60. The lowest BCUT2D eigenvalue weighted by molar-refractivity contribution is -0.141. The van der Waals surface area contributed by atoms with E-state index in [1.807, 2.05) is 12.1 Å². The molecule has 1 N–H and O–H groups in total. The van der Waals surface area contributed by atoms with Crippen LogP contribution in [0.4, 0.5) is 0 Å². The van der Waals surface area contributed by atoms with Crippen LogP contribution >= 0.6 is 0 Å². The van der Waals surface area contributed by atoms with E-state index in [-0.39, 0.29) is 12.0 Å². The Bertz CT molecular complexity index is 377. The Balaban J connectivity index is 2.89. The maximum atomic E-state index is 11.5. The average Bonchev–Trinajstić information content (AvgIpc) is 2.43. The van der Waals surface area contributed by atoms with Crippen molar-refractivity contribution in [2.24, 2.45) is 0 Å². The molecule has 0 aliphatic heterocycles. The van der Waals surface area contributed by atoms with Crippen molar-refractivity contribution in [3.8, 4) is 0 Å². The first-order valence-electron chi connectivity index (χ1n) is 6.60. The number of rotatable bonds is 7. The van der Waals surface area contributed by atoms with Crippen molar-refractivity contribution >= 4 is 5.97 Å². The van der Waals surface area contributed by atoms with Gasteiger partial charge in [-0.2, -0.15) is 0 Å². The molecule has 0 radical (unpaired) electrons. The first kappa shape index (κ1) is 14.7. The molecule has 1 unspecified atom stereocenters. The highest BCUT2D eigenvalue weighted by atomic mass is 16.5. The summed E-state index contributed by atoms with van der Waals surface area (Å²) in [7, 11) is 1.44.